The molecule has 128 valence electrons. The van der Waals surface area contributed by atoms with Gasteiger partial charge in [0.05, 0.1) is 23.3 Å². The summed E-state index contributed by atoms with van der Waals surface area (Å²) in [6.45, 7) is 3.39. The van der Waals surface area contributed by atoms with Crippen LogP contribution < -0.4 is 0 Å². The predicted octanol–water partition coefficient (Wildman–Crippen LogP) is 5.24. The van der Waals surface area contributed by atoms with E-state index >= 15 is 0 Å². The SMILES string of the molecule is C=CCCCCOC(=O)c1cc(C(F)(F)F)cc(C(F)(F)F)c1. The Morgan fingerprint density at radius 2 is 1.52 bits per heavy atom. The van der Waals surface area contributed by atoms with Gasteiger partial charge < -0.3 is 4.74 Å². The molecule has 2 nitrogen and oxygen atoms in total. The topological polar surface area (TPSA) is 26.3 Å². The summed E-state index contributed by atoms with van der Waals surface area (Å²) in [6, 6.07) is 0.656. The van der Waals surface area contributed by atoms with Crippen molar-refractivity contribution in [3.8, 4) is 0 Å². The van der Waals surface area contributed by atoms with E-state index in [2.05, 4.69) is 6.58 Å². The summed E-state index contributed by atoms with van der Waals surface area (Å²) in [5.74, 6) is -1.22. The molecule has 0 radical (unpaired) electrons. The van der Waals surface area contributed by atoms with Gasteiger partial charge in [0.25, 0.3) is 0 Å². The van der Waals surface area contributed by atoms with Gasteiger partial charge in [-0.25, -0.2) is 4.79 Å². The highest BCUT2D eigenvalue weighted by Gasteiger charge is 2.37. The summed E-state index contributed by atoms with van der Waals surface area (Å²) >= 11 is 0. The predicted molar refractivity (Wildman–Crippen MR) is 70.8 cm³/mol. The van der Waals surface area contributed by atoms with Crippen molar-refractivity contribution in [2.75, 3.05) is 6.61 Å². The van der Waals surface area contributed by atoms with Gasteiger partial charge in [0.2, 0.25) is 0 Å². The van der Waals surface area contributed by atoms with Crippen LogP contribution >= 0.6 is 0 Å². The molecule has 0 aromatic heterocycles. The lowest BCUT2D eigenvalue weighted by Gasteiger charge is -2.13. The lowest BCUT2D eigenvalue weighted by atomic mass is 10.0. The Kier molecular flexibility index (Phi) is 6.23. The van der Waals surface area contributed by atoms with Gasteiger partial charge >= 0.3 is 18.3 Å². The van der Waals surface area contributed by atoms with Gasteiger partial charge in [-0.1, -0.05) is 6.08 Å². The number of unbranched alkanes of at least 4 members (excludes halogenated alkanes) is 2. The smallest absolute Gasteiger partial charge is 0.416 e. The molecule has 23 heavy (non-hydrogen) atoms. The Labute approximate surface area is 128 Å². The highest BCUT2D eigenvalue weighted by Crippen LogP contribution is 2.36. The Morgan fingerprint density at radius 3 is 1.96 bits per heavy atom. The number of carbonyl (C=O) groups is 1. The molecular formula is C15H14F6O2. The van der Waals surface area contributed by atoms with Crippen molar-refractivity contribution in [2.45, 2.75) is 31.6 Å². The Hall–Kier alpha value is -1.99. The third-order valence-corrected chi connectivity index (χ3v) is 2.86. The van der Waals surface area contributed by atoms with Gasteiger partial charge in [0.1, 0.15) is 0 Å². The molecule has 0 fully saturated rings. The first kappa shape index (κ1) is 19.1. The summed E-state index contributed by atoms with van der Waals surface area (Å²) < 4.78 is 80.7. The van der Waals surface area contributed by atoms with E-state index in [1.165, 1.54) is 0 Å². The van der Waals surface area contributed by atoms with Gasteiger partial charge in [0.15, 0.2) is 0 Å². The average Bonchev–Trinajstić information content (AvgIpc) is 2.44. The Bertz CT molecular complexity index is 528. The third-order valence-electron chi connectivity index (χ3n) is 2.86. The summed E-state index contributed by atoms with van der Waals surface area (Å²) in [5.41, 5.74) is -3.88. The fourth-order valence-electron chi connectivity index (χ4n) is 1.71. The van der Waals surface area contributed by atoms with E-state index in [1.54, 1.807) is 6.08 Å². The zero-order chi connectivity index (χ0) is 17.7. The van der Waals surface area contributed by atoms with Gasteiger partial charge in [0, 0.05) is 0 Å². The van der Waals surface area contributed by atoms with Crippen molar-refractivity contribution in [2.24, 2.45) is 0 Å². The molecule has 0 saturated heterocycles. The number of hydrogen-bond acceptors (Lipinski definition) is 2. The number of ether oxygens (including phenoxy) is 1. The van der Waals surface area contributed by atoms with E-state index < -0.39 is 35.0 Å². The molecule has 8 heteroatoms. The van der Waals surface area contributed by atoms with Crippen LogP contribution in [0.25, 0.3) is 0 Å². The van der Waals surface area contributed by atoms with Crippen LogP contribution in [-0.4, -0.2) is 12.6 Å². The van der Waals surface area contributed by atoms with Crippen molar-refractivity contribution in [3.63, 3.8) is 0 Å². The Balaban J connectivity index is 2.96. The molecule has 0 aliphatic rings. The zero-order valence-corrected chi connectivity index (χ0v) is 11.9. The summed E-state index contributed by atoms with van der Waals surface area (Å²) in [6.07, 6.45) is -6.61. The molecule has 0 bridgehead atoms. The fourth-order valence-corrected chi connectivity index (χ4v) is 1.71. The number of benzene rings is 1. The van der Waals surface area contributed by atoms with Gasteiger partial charge in [-0.05, 0) is 37.5 Å². The molecule has 0 aliphatic carbocycles. The second-order valence-electron chi connectivity index (χ2n) is 4.71. The van der Waals surface area contributed by atoms with E-state index in [0.717, 1.165) is 0 Å². The number of alkyl halides is 6. The van der Waals surface area contributed by atoms with Crippen LogP contribution in [0.15, 0.2) is 30.9 Å². The first-order valence-electron chi connectivity index (χ1n) is 6.63. The number of halogens is 6. The molecule has 0 unspecified atom stereocenters. The van der Waals surface area contributed by atoms with Crippen LogP contribution in [-0.2, 0) is 17.1 Å². The molecular weight excluding hydrogens is 326 g/mol. The standard InChI is InChI=1S/C15H14F6O2/c1-2-3-4-5-6-23-13(22)10-7-11(14(16,17)18)9-12(8-10)15(19,20)21/h2,7-9H,1,3-6H2. The third kappa shape index (κ3) is 5.96. The first-order chi connectivity index (χ1) is 10.6. The summed E-state index contributed by atoms with van der Waals surface area (Å²) in [4.78, 5) is 11.7. The second kappa shape index (κ2) is 7.52. The molecule has 0 amide bonds. The molecule has 0 heterocycles. The van der Waals surface area contributed by atoms with E-state index in [-0.39, 0.29) is 12.7 Å². The molecule has 1 rings (SSSR count). The average molecular weight is 340 g/mol. The van der Waals surface area contributed by atoms with Crippen molar-refractivity contribution in [1.29, 1.82) is 0 Å². The number of carbonyl (C=O) groups excluding carboxylic acids is 1. The lowest BCUT2D eigenvalue weighted by Crippen LogP contribution is -2.15. The minimum Gasteiger partial charge on any atom is -0.462 e. The summed E-state index contributed by atoms with van der Waals surface area (Å²) in [7, 11) is 0. The van der Waals surface area contributed by atoms with Crippen molar-refractivity contribution >= 4 is 5.97 Å². The maximum absolute atomic E-state index is 12.7. The normalized spacial score (nSPS) is 12.1. The van der Waals surface area contributed by atoms with Crippen LogP contribution in [0, 0.1) is 0 Å². The van der Waals surface area contributed by atoms with Crippen LogP contribution in [0.2, 0.25) is 0 Å². The van der Waals surface area contributed by atoms with Gasteiger partial charge in [-0.15, -0.1) is 6.58 Å². The monoisotopic (exact) mass is 340 g/mol. The van der Waals surface area contributed by atoms with E-state index in [1.807, 2.05) is 0 Å². The number of esters is 1. The van der Waals surface area contributed by atoms with Crippen LogP contribution in [0.1, 0.15) is 40.7 Å². The first-order valence-corrected chi connectivity index (χ1v) is 6.63. The fraction of sp³-hybridized carbons (Fsp3) is 0.400. The molecule has 0 N–H and O–H groups in total. The maximum Gasteiger partial charge on any atom is 0.416 e. The quantitative estimate of drug-likeness (QED) is 0.306. The van der Waals surface area contributed by atoms with Crippen molar-refractivity contribution < 1.29 is 35.9 Å². The molecule has 0 spiro atoms. The van der Waals surface area contributed by atoms with Crippen molar-refractivity contribution in [1.82, 2.24) is 0 Å². The minimum atomic E-state index is -5.00. The molecule has 1 aromatic carbocycles. The Morgan fingerprint density at radius 1 is 1.00 bits per heavy atom. The van der Waals surface area contributed by atoms with Crippen LogP contribution in [0.3, 0.4) is 0 Å². The second-order valence-corrected chi connectivity index (χ2v) is 4.71. The van der Waals surface area contributed by atoms with E-state index in [4.69, 9.17) is 4.74 Å². The zero-order valence-electron chi connectivity index (χ0n) is 11.9. The number of allylic oxidation sites excluding steroid dienone is 1. The van der Waals surface area contributed by atoms with Gasteiger partial charge in [-0.2, -0.15) is 26.3 Å². The minimum absolute atomic E-state index is 0.0408. The van der Waals surface area contributed by atoms with Crippen molar-refractivity contribution in [3.05, 3.63) is 47.5 Å². The summed E-state index contributed by atoms with van der Waals surface area (Å²) in [5, 5.41) is 0. The van der Waals surface area contributed by atoms with E-state index in [9.17, 15) is 31.1 Å². The molecule has 1 aromatic rings. The van der Waals surface area contributed by atoms with Gasteiger partial charge in [-0.3, -0.25) is 0 Å². The highest BCUT2D eigenvalue weighted by atomic mass is 19.4. The number of hydrogen-bond donors (Lipinski definition) is 0. The molecule has 0 aliphatic heterocycles. The molecule has 0 atom stereocenters. The van der Waals surface area contributed by atoms with E-state index in [0.29, 0.717) is 31.4 Å². The number of rotatable bonds is 6. The van der Waals surface area contributed by atoms with Crippen LogP contribution in [0.5, 0.6) is 0 Å². The largest absolute Gasteiger partial charge is 0.462 e. The highest BCUT2D eigenvalue weighted by molar-refractivity contribution is 5.90. The lowest BCUT2D eigenvalue weighted by molar-refractivity contribution is -0.143. The maximum atomic E-state index is 12.7. The molecule has 0 saturated carbocycles. The van der Waals surface area contributed by atoms with Crippen LogP contribution in [0.4, 0.5) is 26.3 Å².